The average Bonchev–Trinajstić information content (AvgIpc) is 2.59. The van der Waals surface area contributed by atoms with Gasteiger partial charge < -0.3 is 14.3 Å². The summed E-state index contributed by atoms with van der Waals surface area (Å²) in [6.07, 6.45) is 8.22. The van der Waals surface area contributed by atoms with Crippen LogP contribution in [0.5, 0.6) is 0 Å². The molecule has 106 valence electrons. The zero-order chi connectivity index (χ0) is 13.7. The number of aromatic carboxylic acids is 1. The fourth-order valence-corrected chi connectivity index (χ4v) is 2.70. The highest BCUT2D eigenvalue weighted by molar-refractivity contribution is 5.85. The summed E-state index contributed by atoms with van der Waals surface area (Å²) in [4.78, 5) is 15.3. The molecule has 1 heterocycles. The van der Waals surface area contributed by atoms with Gasteiger partial charge in [-0.15, -0.1) is 0 Å². The molecule has 0 unspecified atom stereocenters. The number of carbonyl (C=O) groups is 1. The lowest BCUT2D eigenvalue weighted by molar-refractivity contribution is 0.0653. The van der Waals surface area contributed by atoms with Crippen molar-refractivity contribution in [3.63, 3.8) is 0 Å². The van der Waals surface area contributed by atoms with Crippen molar-refractivity contribution >= 4 is 5.97 Å². The second-order valence-corrected chi connectivity index (χ2v) is 5.18. The molecule has 5 heteroatoms. The van der Waals surface area contributed by atoms with E-state index in [4.69, 9.17) is 14.3 Å². The van der Waals surface area contributed by atoms with Crippen LogP contribution in [0.2, 0.25) is 0 Å². The van der Waals surface area contributed by atoms with Crippen molar-refractivity contribution in [3.05, 3.63) is 17.3 Å². The Morgan fingerprint density at radius 2 is 2.05 bits per heavy atom. The van der Waals surface area contributed by atoms with Crippen LogP contribution in [0.4, 0.5) is 0 Å². The Morgan fingerprint density at radius 3 is 2.63 bits per heavy atom. The first kappa shape index (κ1) is 14.1. The lowest BCUT2D eigenvalue weighted by Gasteiger charge is -2.10. The van der Waals surface area contributed by atoms with Gasteiger partial charge in [-0.05, 0) is 18.8 Å². The number of hydrogen-bond donors (Lipinski definition) is 1. The topological polar surface area (TPSA) is 72.6 Å². The van der Waals surface area contributed by atoms with Crippen molar-refractivity contribution in [1.29, 1.82) is 0 Å². The van der Waals surface area contributed by atoms with Gasteiger partial charge in [0.05, 0.1) is 6.61 Å². The minimum Gasteiger partial charge on any atom is -0.475 e. The largest absolute Gasteiger partial charge is 0.475 e. The lowest BCUT2D eigenvalue weighted by Crippen LogP contribution is -2.03. The number of hydrogen-bond acceptors (Lipinski definition) is 4. The van der Waals surface area contributed by atoms with Crippen LogP contribution < -0.4 is 0 Å². The van der Waals surface area contributed by atoms with E-state index in [-0.39, 0.29) is 12.4 Å². The Balaban J connectivity index is 2.06. The van der Waals surface area contributed by atoms with E-state index in [0.717, 1.165) is 6.42 Å². The SMILES string of the molecule is COCc1nc(CC2CCCCCC2)oc1C(=O)O. The van der Waals surface area contributed by atoms with Crippen LogP contribution in [0.1, 0.15) is 60.7 Å². The van der Waals surface area contributed by atoms with Gasteiger partial charge in [-0.1, -0.05) is 25.7 Å². The number of carboxylic acids is 1. The molecule has 1 aromatic heterocycles. The van der Waals surface area contributed by atoms with Gasteiger partial charge >= 0.3 is 5.97 Å². The fourth-order valence-electron chi connectivity index (χ4n) is 2.70. The summed E-state index contributed by atoms with van der Waals surface area (Å²) in [5.41, 5.74) is 0.388. The van der Waals surface area contributed by atoms with Crippen molar-refractivity contribution in [3.8, 4) is 0 Å². The van der Waals surface area contributed by atoms with E-state index in [1.54, 1.807) is 0 Å². The molecule has 0 aliphatic heterocycles. The monoisotopic (exact) mass is 267 g/mol. The lowest BCUT2D eigenvalue weighted by atomic mass is 9.97. The highest BCUT2D eigenvalue weighted by atomic mass is 16.5. The minimum absolute atomic E-state index is 0.0783. The highest BCUT2D eigenvalue weighted by Gasteiger charge is 2.22. The van der Waals surface area contributed by atoms with E-state index in [2.05, 4.69) is 4.98 Å². The molecule has 1 aliphatic rings. The Bertz CT molecular complexity index is 419. The van der Waals surface area contributed by atoms with Crippen LogP contribution in [-0.2, 0) is 17.8 Å². The molecular weight excluding hydrogens is 246 g/mol. The number of rotatable bonds is 5. The molecule has 1 fully saturated rings. The third-order valence-electron chi connectivity index (χ3n) is 3.65. The molecule has 0 aromatic carbocycles. The summed E-state index contributed by atoms with van der Waals surface area (Å²) < 4.78 is 10.3. The third kappa shape index (κ3) is 3.80. The van der Waals surface area contributed by atoms with Gasteiger partial charge in [-0.2, -0.15) is 0 Å². The molecule has 0 bridgehead atoms. The van der Waals surface area contributed by atoms with E-state index in [9.17, 15) is 4.79 Å². The molecule has 5 nitrogen and oxygen atoms in total. The van der Waals surface area contributed by atoms with Gasteiger partial charge in [0.25, 0.3) is 0 Å². The number of nitrogens with zero attached hydrogens (tertiary/aromatic N) is 1. The summed E-state index contributed by atoms with van der Waals surface area (Å²) in [7, 11) is 1.52. The van der Waals surface area contributed by atoms with Gasteiger partial charge in [0, 0.05) is 13.5 Å². The van der Waals surface area contributed by atoms with Gasteiger partial charge in [0.1, 0.15) is 5.69 Å². The fraction of sp³-hybridized carbons (Fsp3) is 0.714. The summed E-state index contributed by atoms with van der Waals surface area (Å²) in [5, 5.41) is 9.07. The van der Waals surface area contributed by atoms with E-state index < -0.39 is 5.97 Å². The van der Waals surface area contributed by atoms with Gasteiger partial charge in [-0.3, -0.25) is 0 Å². The Morgan fingerprint density at radius 1 is 1.37 bits per heavy atom. The first-order chi connectivity index (χ1) is 9.20. The van der Waals surface area contributed by atoms with E-state index >= 15 is 0 Å². The Labute approximate surface area is 113 Å². The molecule has 1 saturated carbocycles. The van der Waals surface area contributed by atoms with Crippen LogP contribution in [0, 0.1) is 5.92 Å². The van der Waals surface area contributed by atoms with Crippen LogP contribution >= 0.6 is 0 Å². The molecule has 1 aliphatic carbocycles. The maximum atomic E-state index is 11.1. The first-order valence-electron chi connectivity index (χ1n) is 6.91. The van der Waals surface area contributed by atoms with Crippen molar-refractivity contribution in [2.75, 3.05) is 7.11 Å². The standard InChI is InChI=1S/C14H21NO4/c1-18-9-11-13(14(16)17)19-12(15-11)8-10-6-4-2-3-5-7-10/h10H,2-9H2,1H3,(H,16,17). The second kappa shape index (κ2) is 6.70. The molecule has 0 amide bonds. The Kier molecular flexibility index (Phi) is 4.96. The third-order valence-corrected chi connectivity index (χ3v) is 3.65. The maximum absolute atomic E-state index is 11.1. The number of oxazole rings is 1. The van der Waals surface area contributed by atoms with Gasteiger partial charge in [-0.25, -0.2) is 9.78 Å². The summed E-state index contributed by atoms with van der Waals surface area (Å²) in [6, 6.07) is 0. The summed E-state index contributed by atoms with van der Waals surface area (Å²) in [6.45, 7) is 0.176. The normalized spacial score (nSPS) is 17.3. The zero-order valence-electron chi connectivity index (χ0n) is 11.4. The minimum atomic E-state index is -1.08. The van der Waals surface area contributed by atoms with Crippen molar-refractivity contribution in [2.45, 2.75) is 51.6 Å². The van der Waals surface area contributed by atoms with E-state index in [1.165, 1.54) is 45.6 Å². The number of carboxylic acid groups (broad SMARTS) is 1. The molecule has 2 rings (SSSR count). The highest BCUT2D eigenvalue weighted by Crippen LogP contribution is 2.26. The summed E-state index contributed by atoms with van der Waals surface area (Å²) in [5.74, 6) is -0.0494. The molecular formula is C14H21NO4. The maximum Gasteiger partial charge on any atom is 0.373 e. The van der Waals surface area contributed by atoms with Crippen LogP contribution in [0.3, 0.4) is 0 Å². The van der Waals surface area contributed by atoms with Crippen molar-refractivity contribution in [2.24, 2.45) is 5.92 Å². The van der Waals surface area contributed by atoms with E-state index in [1.807, 2.05) is 0 Å². The second-order valence-electron chi connectivity index (χ2n) is 5.18. The smallest absolute Gasteiger partial charge is 0.373 e. The molecule has 0 radical (unpaired) electrons. The Hall–Kier alpha value is -1.36. The molecule has 19 heavy (non-hydrogen) atoms. The van der Waals surface area contributed by atoms with Crippen LogP contribution in [0.25, 0.3) is 0 Å². The first-order valence-corrected chi connectivity index (χ1v) is 6.91. The predicted octanol–water partition coefficient (Wildman–Crippen LogP) is 3.03. The van der Waals surface area contributed by atoms with E-state index in [0.29, 0.717) is 17.5 Å². The molecule has 0 saturated heterocycles. The number of aromatic nitrogens is 1. The molecule has 1 N–H and O–H groups in total. The number of methoxy groups -OCH3 is 1. The quantitative estimate of drug-likeness (QED) is 0.830. The van der Waals surface area contributed by atoms with Crippen LogP contribution in [-0.4, -0.2) is 23.2 Å². The van der Waals surface area contributed by atoms with Gasteiger partial charge in [0.2, 0.25) is 5.76 Å². The van der Waals surface area contributed by atoms with Crippen LogP contribution in [0.15, 0.2) is 4.42 Å². The van der Waals surface area contributed by atoms with Crippen molar-refractivity contribution < 1.29 is 19.1 Å². The molecule has 1 aromatic rings. The predicted molar refractivity (Wildman–Crippen MR) is 69.1 cm³/mol. The van der Waals surface area contributed by atoms with Gasteiger partial charge in [0.15, 0.2) is 5.89 Å². The summed E-state index contributed by atoms with van der Waals surface area (Å²) >= 11 is 0. The zero-order valence-corrected chi connectivity index (χ0v) is 11.4. The number of ether oxygens (including phenoxy) is 1. The van der Waals surface area contributed by atoms with Crippen molar-refractivity contribution in [1.82, 2.24) is 4.98 Å². The average molecular weight is 267 g/mol. The molecule has 0 atom stereocenters. The molecule has 0 spiro atoms.